The highest BCUT2D eigenvalue weighted by Crippen LogP contribution is 2.22. The summed E-state index contributed by atoms with van der Waals surface area (Å²) in [5.41, 5.74) is 2.77. The monoisotopic (exact) mass is 295 g/mol. The lowest BCUT2D eigenvalue weighted by atomic mass is 10.2. The summed E-state index contributed by atoms with van der Waals surface area (Å²) < 4.78 is 5.68. The van der Waals surface area contributed by atoms with Crippen molar-refractivity contribution in [2.45, 2.75) is 26.3 Å². The molecule has 0 bridgehead atoms. The quantitative estimate of drug-likeness (QED) is 0.802. The first-order valence-electron chi connectivity index (χ1n) is 7.22. The predicted octanol–water partition coefficient (Wildman–Crippen LogP) is 3.28. The Kier molecular flexibility index (Phi) is 3.87. The molecule has 3 aromatic rings. The van der Waals surface area contributed by atoms with Gasteiger partial charge in [-0.15, -0.1) is 0 Å². The van der Waals surface area contributed by atoms with Crippen LogP contribution in [-0.4, -0.2) is 15.9 Å². The molecule has 3 rings (SSSR count). The molecule has 5 heteroatoms. The van der Waals surface area contributed by atoms with Crippen molar-refractivity contribution < 1.29 is 9.21 Å². The van der Waals surface area contributed by atoms with Gasteiger partial charge in [0.1, 0.15) is 5.52 Å². The lowest BCUT2D eigenvalue weighted by Crippen LogP contribution is -2.23. The molecule has 0 unspecified atom stereocenters. The average molecular weight is 295 g/mol. The van der Waals surface area contributed by atoms with E-state index >= 15 is 0 Å². The molecule has 112 valence electrons. The van der Waals surface area contributed by atoms with Gasteiger partial charge in [0.05, 0.1) is 12.2 Å². The fourth-order valence-electron chi connectivity index (χ4n) is 2.11. The van der Waals surface area contributed by atoms with E-state index in [1.165, 1.54) is 0 Å². The second-order valence-corrected chi connectivity index (χ2v) is 5.39. The Morgan fingerprint density at radius 2 is 2.14 bits per heavy atom. The van der Waals surface area contributed by atoms with Gasteiger partial charge in [-0.25, -0.2) is 4.98 Å². The summed E-state index contributed by atoms with van der Waals surface area (Å²) in [6.45, 7) is 4.43. The van der Waals surface area contributed by atoms with E-state index < -0.39 is 0 Å². The molecule has 0 aliphatic rings. The standard InChI is InChI=1S/C17H17N3O2/c1-11(2)17-20-14-7-6-12(9-15(14)22-17)16(21)19-10-13-5-3-4-8-18-13/h3-9,11H,10H2,1-2H3,(H,19,21). The van der Waals surface area contributed by atoms with E-state index in [1.54, 1.807) is 24.4 Å². The van der Waals surface area contributed by atoms with Gasteiger partial charge in [-0.05, 0) is 30.3 Å². The Balaban J connectivity index is 1.76. The molecule has 22 heavy (non-hydrogen) atoms. The fraction of sp³-hybridized carbons (Fsp3) is 0.235. The van der Waals surface area contributed by atoms with Crippen molar-refractivity contribution in [1.82, 2.24) is 15.3 Å². The maximum absolute atomic E-state index is 12.2. The van der Waals surface area contributed by atoms with Gasteiger partial charge in [0.15, 0.2) is 11.5 Å². The molecule has 2 aromatic heterocycles. The van der Waals surface area contributed by atoms with Crippen molar-refractivity contribution in [3.63, 3.8) is 0 Å². The van der Waals surface area contributed by atoms with E-state index in [-0.39, 0.29) is 11.8 Å². The lowest BCUT2D eigenvalue weighted by Gasteiger charge is -2.04. The molecular formula is C17H17N3O2. The summed E-state index contributed by atoms with van der Waals surface area (Å²) >= 11 is 0. The number of nitrogens with zero attached hydrogens (tertiary/aromatic N) is 2. The number of oxazole rings is 1. The summed E-state index contributed by atoms with van der Waals surface area (Å²) in [6.07, 6.45) is 1.70. The Labute approximate surface area is 128 Å². The van der Waals surface area contributed by atoms with E-state index in [0.29, 0.717) is 23.6 Å². The molecule has 1 N–H and O–H groups in total. The third-order valence-electron chi connectivity index (χ3n) is 3.32. The number of rotatable bonds is 4. The van der Waals surface area contributed by atoms with Crippen LogP contribution >= 0.6 is 0 Å². The SMILES string of the molecule is CC(C)c1nc2ccc(C(=O)NCc3ccccn3)cc2o1. The van der Waals surface area contributed by atoms with Crippen LogP contribution in [0.15, 0.2) is 47.0 Å². The lowest BCUT2D eigenvalue weighted by molar-refractivity contribution is 0.0950. The minimum atomic E-state index is -0.157. The van der Waals surface area contributed by atoms with Gasteiger partial charge in [0.25, 0.3) is 5.91 Å². The third kappa shape index (κ3) is 2.98. The van der Waals surface area contributed by atoms with Crippen molar-refractivity contribution in [3.8, 4) is 0 Å². The molecule has 5 nitrogen and oxygen atoms in total. The molecule has 0 spiro atoms. The maximum Gasteiger partial charge on any atom is 0.251 e. The number of hydrogen-bond acceptors (Lipinski definition) is 4. The zero-order chi connectivity index (χ0) is 15.5. The largest absolute Gasteiger partial charge is 0.440 e. The highest BCUT2D eigenvalue weighted by molar-refractivity contribution is 5.96. The van der Waals surface area contributed by atoms with Crippen LogP contribution in [0.5, 0.6) is 0 Å². The number of pyridine rings is 1. The van der Waals surface area contributed by atoms with Gasteiger partial charge >= 0.3 is 0 Å². The molecule has 0 atom stereocenters. The minimum Gasteiger partial charge on any atom is -0.440 e. The number of benzene rings is 1. The van der Waals surface area contributed by atoms with E-state index in [2.05, 4.69) is 15.3 Å². The van der Waals surface area contributed by atoms with Crippen molar-refractivity contribution >= 4 is 17.0 Å². The van der Waals surface area contributed by atoms with Gasteiger partial charge < -0.3 is 9.73 Å². The second kappa shape index (κ2) is 5.97. The highest BCUT2D eigenvalue weighted by Gasteiger charge is 2.12. The van der Waals surface area contributed by atoms with E-state index in [9.17, 15) is 4.79 Å². The van der Waals surface area contributed by atoms with Crippen molar-refractivity contribution in [2.75, 3.05) is 0 Å². The summed E-state index contributed by atoms with van der Waals surface area (Å²) in [5, 5.41) is 2.85. The first kappa shape index (κ1) is 14.3. The normalized spacial score (nSPS) is 11.0. The van der Waals surface area contributed by atoms with Gasteiger partial charge in [0, 0.05) is 17.7 Å². The number of hydrogen-bond donors (Lipinski definition) is 1. The van der Waals surface area contributed by atoms with E-state index in [4.69, 9.17) is 4.42 Å². The van der Waals surface area contributed by atoms with Crippen molar-refractivity contribution in [3.05, 3.63) is 59.7 Å². The van der Waals surface area contributed by atoms with E-state index in [0.717, 1.165) is 11.2 Å². The molecular weight excluding hydrogens is 278 g/mol. The van der Waals surface area contributed by atoms with Crippen molar-refractivity contribution in [2.24, 2.45) is 0 Å². The summed E-state index contributed by atoms with van der Waals surface area (Å²) in [6, 6.07) is 10.9. The Morgan fingerprint density at radius 1 is 1.27 bits per heavy atom. The van der Waals surface area contributed by atoms with Gasteiger partial charge in [0.2, 0.25) is 0 Å². The highest BCUT2D eigenvalue weighted by atomic mass is 16.3. The summed E-state index contributed by atoms with van der Waals surface area (Å²) in [4.78, 5) is 20.8. The molecule has 0 saturated carbocycles. The van der Waals surface area contributed by atoms with Gasteiger partial charge in [-0.1, -0.05) is 19.9 Å². The van der Waals surface area contributed by atoms with Crippen LogP contribution in [0.25, 0.3) is 11.1 Å². The number of aromatic nitrogens is 2. The first-order valence-corrected chi connectivity index (χ1v) is 7.22. The summed E-state index contributed by atoms with van der Waals surface area (Å²) in [5.74, 6) is 0.741. The van der Waals surface area contributed by atoms with Crippen LogP contribution < -0.4 is 5.32 Å². The van der Waals surface area contributed by atoms with Crippen LogP contribution in [0.2, 0.25) is 0 Å². The summed E-state index contributed by atoms with van der Waals surface area (Å²) in [7, 11) is 0. The third-order valence-corrected chi connectivity index (χ3v) is 3.32. The van der Waals surface area contributed by atoms with Crippen LogP contribution in [0.3, 0.4) is 0 Å². The zero-order valence-corrected chi connectivity index (χ0v) is 12.5. The van der Waals surface area contributed by atoms with Crippen LogP contribution in [0, 0.1) is 0 Å². The Morgan fingerprint density at radius 3 is 2.86 bits per heavy atom. The van der Waals surface area contributed by atoms with Crippen LogP contribution in [-0.2, 0) is 6.54 Å². The number of carbonyl (C=O) groups excluding carboxylic acids is 1. The fourth-order valence-corrected chi connectivity index (χ4v) is 2.11. The van der Waals surface area contributed by atoms with Crippen LogP contribution in [0.4, 0.5) is 0 Å². The second-order valence-electron chi connectivity index (χ2n) is 5.39. The molecule has 0 aliphatic heterocycles. The molecule has 1 aromatic carbocycles. The molecule has 1 amide bonds. The topological polar surface area (TPSA) is 68.0 Å². The first-order chi connectivity index (χ1) is 10.6. The predicted molar refractivity (Wildman–Crippen MR) is 83.5 cm³/mol. The van der Waals surface area contributed by atoms with Gasteiger partial charge in [-0.3, -0.25) is 9.78 Å². The maximum atomic E-state index is 12.2. The molecule has 0 aliphatic carbocycles. The minimum absolute atomic E-state index is 0.157. The molecule has 0 saturated heterocycles. The van der Waals surface area contributed by atoms with Gasteiger partial charge in [-0.2, -0.15) is 0 Å². The number of nitrogens with one attached hydrogen (secondary N) is 1. The van der Waals surface area contributed by atoms with Crippen LogP contribution in [0.1, 0.15) is 41.7 Å². The van der Waals surface area contributed by atoms with Crippen molar-refractivity contribution in [1.29, 1.82) is 0 Å². The Hall–Kier alpha value is -2.69. The number of fused-ring (bicyclic) bond motifs is 1. The smallest absolute Gasteiger partial charge is 0.251 e. The molecule has 0 radical (unpaired) electrons. The Bertz CT molecular complexity index is 794. The zero-order valence-electron chi connectivity index (χ0n) is 12.5. The average Bonchev–Trinajstić information content (AvgIpc) is 2.97. The number of carbonyl (C=O) groups is 1. The molecule has 2 heterocycles. The number of amides is 1. The van der Waals surface area contributed by atoms with E-state index in [1.807, 2.05) is 32.0 Å². The molecule has 0 fully saturated rings.